The molecule has 0 aliphatic rings. The molecule has 0 atom stereocenters. The fourth-order valence-corrected chi connectivity index (χ4v) is 12.1. The summed E-state index contributed by atoms with van der Waals surface area (Å²) in [5.41, 5.74) is 13.4. The van der Waals surface area contributed by atoms with Crippen LogP contribution in [0, 0.1) is 3.80 Å². The second kappa shape index (κ2) is 16.2. The van der Waals surface area contributed by atoms with E-state index in [4.69, 9.17) is 9.72 Å². The Morgan fingerprint density at radius 2 is 1.00 bits per heavy atom. The summed E-state index contributed by atoms with van der Waals surface area (Å²) in [6.07, 6.45) is 2.01. The third-order valence-corrected chi connectivity index (χ3v) is 15.0. The average Bonchev–Trinajstić information content (AvgIpc) is 4.03. The van der Waals surface area contributed by atoms with Gasteiger partial charge in [0.25, 0.3) is 0 Å². The molecule has 13 aromatic rings. The summed E-state index contributed by atoms with van der Waals surface area (Å²) in [5.74, 6) is 2.34. The number of fused-ring (bicyclic) bond motifs is 7. The molecule has 320 valence electrons. The van der Waals surface area contributed by atoms with E-state index >= 15 is 0 Å². The van der Waals surface area contributed by atoms with Gasteiger partial charge < -0.3 is 0 Å². The first-order valence-corrected chi connectivity index (χ1v) is 24.2. The summed E-state index contributed by atoms with van der Waals surface area (Å²) in [6, 6.07) is 79.6. The molecule has 0 saturated heterocycles. The number of pyridine rings is 1. The Balaban J connectivity index is 0.898. The van der Waals surface area contributed by atoms with Crippen molar-refractivity contribution >= 4 is 64.3 Å². The van der Waals surface area contributed by atoms with Crippen LogP contribution in [0.1, 0.15) is 0 Å². The van der Waals surface area contributed by atoms with Crippen molar-refractivity contribution in [2.24, 2.45) is 0 Å². The van der Waals surface area contributed by atoms with Crippen molar-refractivity contribution in [3.05, 3.63) is 234 Å². The van der Waals surface area contributed by atoms with Gasteiger partial charge in [0, 0.05) is 37.5 Å². The predicted octanol–water partition coefficient (Wildman–Crippen LogP) is 16.2. The van der Waals surface area contributed by atoms with E-state index in [0.717, 1.165) is 87.8 Å². The number of rotatable bonds is 8. The molecule has 0 unspecified atom stereocenters. The Hall–Kier alpha value is -7.89. The summed E-state index contributed by atoms with van der Waals surface area (Å²) < 4.78 is 17.4. The fourth-order valence-electron chi connectivity index (χ4n) is 9.79. The molecule has 0 bridgehead atoms. The fraction of sp³-hybridized carbons (Fsp3) is 0. The number of ether oxygens (including phenoxy) is 1. The predicted molar refractivity (Wildman–Crippen MR) is 274 cm³/mol. The molecular formula is C60H38N4OPtS. The van der Waals surface area contributed by atoms with Crippen LogP contribution in [-0.4, -0.2) is 18.7 Å². The van der Waals surface area contributed by atoms with Gasteiger partial charge in [-0.3, -0.25) is 0 Å². The minimum absolute atomic E-state index is 0.743. The van der Waals surface area contributed by atoms with Crippen molar-refractivity contribution in [2.45, 2.75) is 0 Å². The number of thiophene rings is 1. The van der Waals surface area contributed by atoms with Crippen molar-refractivity contribution in [2.75, 3.05) is 0 Å². The Morgan fingerprint density at radius 1 is 0.403 bits per heavy atom. The van der Waals surface area contributed by atoms with Gasteiger partial charge in [-0.1, -0.05) is 48.5 Å². The molecule has 13 rings (SSSR count). The first-order chi connectivity index (χ1) is 33.2. The second-order valence-corrected chi connectivity index (χ2v) is 18.7. The molecule has 0 aliphatic heterocycles. The molecule has 0 radical (unpaired) electrons. The first kappa shape index (κ1) is 39.5. The van der Waals surface area contributed by atoms with Crippen LogP contribution in [0.15, 0.2) is 231 Å². The van der Waals surface area contributed by atoms with E-state index in [0.29, 0.717) is 0 Å². The van der Waals surface area contributed by atoms with Gasteiger partial charge in [-0.2, -0.15) is 0 Å². The van der Waals surface area contributed by atoms with Crippen LogP contribution in [-0.2, 0) is 19.4 Å². The molecule has 0 fully saturated rings. The number of hydrogen-bond acceptors (Lipinski definition) is 3. The summed E-state index contributed by atoms with van der Waals surface area (Å²) in [7, 11) is 0. The van der Waals surface area contributed by atoms with Gasteiger partial charge in [0.15, 0.2) is 0 Å². The van der Waals surface area contributed by atoms with E-state index < -0.39 is 0 Å². The maximum atomic E-state index is 6.82. The van der Waals surface area contributed by atoms with Gasteiger partial charge in [0.1, 0.15) is 0 Å². The Morgan fingerprint density at radius 3 is 1.75 bits per heavy atom. The number of nitrogens with zero attached hydrogens (tertiary/aromatic N) is 4. The molecule has 0 saturated carbocycles. The third-order valence-electron chi connectivity index (χ3n) is 12.8. The Bertz CT molecular complexity index is 4030. The third kappa shape index (κ3) is 6.63. The van der Waals surface area contributed by atoms with E-state index in [1.165, 1.54) is 31.1 Å². The maximum absolute atomic E-state index is 6.82. The van der Waals surface area contributed by atoms with Gasteiger partial charge in [-0.25, -0.2) is 0 Å². The van der Waals surface area contributed by atoms with Crippen molar-refractivity contribution in [1.82, 2.24) is 18.7 Å². The summed E-state index contributed by atoms with van der Waals surface area (Å²) in [5, 5.41) is 4.88. The van der Waals surface area contributed by atoms with E-state index in [-0.39, 0.29) is 0 Å². The normalized spacial score (nSPS) is 11.7. The van der Waals surface area contributed by atoms with Gasteiger partial charge in [-0.05, 0) is 12.1 Å². The van der Waals surface area contributed by atoms with E-state index in [2.05, 4.69) is 251 Å². The molecule has 4 aromatic heterocycles. The van der Waals surface area contributed by atoms with Crippen molar-refractivity contribution in [1.29, 1.82) is 0 Å². The van der Waals surface area contributed by atoms with Gasteiger partial charge in [-0.15, -0.1) is 11.3 Å². The molecule has 4 heterocycles. The van der Waals surface area contributed by atoms with Gasteiger partial charge in [0.05, 0.1) is 0 Å². The number of aromatic nitrogens is 4. The molecule has 0 spiro atoms. The van der Waals surface area contributed by atoms with Gasteiger partial charge in [0.2, 0.25) is 0 Å². The molecular weight excluding hydrogens is 1020 g/mol. The molecule has 9 aromatic carbocycles. The summed E-state index contributed by atoms with van der Waals surface area (Å²) in [4.78, 5) is 5.14. The van der Waals surface area contributed by atoms with E-state index in [9.17, 15) is 0 Å². The monoisotopic (exact) mass is 1060 g/mol. The molecule has 7 heteroatoms. The molecule has 0 amide bonds. The van der Waals surface area contributed by atoms with Crippen LogP contribution < -0.4 is 4.74 Å². The molecule has 67 heavy (non-hydrogen) atoms. The minimum atomic E-state index is 0.743. The van der Waals surface area contributed by atoms with Crippen LogP contribution in [0.2, 0.25) is 0 Å². The quantitative estimate of drug-likeness (QED) is 0.152. The SMILES string of the molecule is [Pt]=[c]1n(-c2cccc(Oc3ccc4c5ccccc5n(-c5ccc(-c6cccc7c6sc6ccccc67)cn5)c4c3)c2)c2ccccc2n1-c1c(-c2ccccc2)cccc1-c1ccccc1. The zero-order chi connectivity index (χ0) is 44.4. The van der Waals surface area contributed by atoms with E-state index in [1.54, 1.807) is 0 Å². The number of hydrogen-bond donors (Lipinski definition) is 0. The molecule has 0 aliphatic carbocycles. The number of benzene rings is 9. The van der Waals surface area contributed by atoms with Gasteiger partial charge >= 0.3 is 294 Å². The van der Waals surface area contributed by atoms with Crippen molar-refractivity contribution < 1.29 is 24.1 Å². The topological polar surface area (TPSA) is 36.9 Å². The summed E-state index contributed by atoms with van der Waals surface area (Å²) >= 11 is 4.34. The number of imidazole rings is 1. The standard InChI is InChI=1S/C60H38N4OS.Pt/c1-3-16-40(17-4-1)46-24-14-25-47(41-18-5-2-6-19-41)59(46)63-39-62(54-29-10-11-30-55(54)63)43-20-13-21-44(36-43)65-45-33-34-50-49-22-7-9-28-53(49)64(56(50)37-45)58-35-32-42(38-61-58)48-26-15-27-52-51-23-8-12-31-57(51)66-60(48)52;/h1-38H;. The molecule has 0 N–H and O–H groups in total. The Labute approximate surface area is 401 Å². The van der Waals surface area contributed by atoms with Crippen molar-refractivity contribution in [3.8, 4) is 62.1 Å². The second-order valence-electron chi connectivity index (χ2n) is 16.7. The Kier molecular flexibility index (Phi) is 9.55. The van der Waals surface area contributed by atoms with Crippen molar-refractivity contribution in [3.63, 3.8) is 0 Å². The number of para-hydroxylation sites is 4. The van der Waals surface area contributed by atoms with E-state index in [1.807, 2.05) is 23.6 Å². The van der Waals surface area contributed by atoms with Crippen LogP contribution in [0.5, 0.6) is 11.5 Å². The van der Waals surface area contributed by atoms with Crippen LogP contribution in [0.3, 0.4) is 0 Å². The zero-order valence-corrected chi connectivity index (χ0v) is 38.9. The first-order valence-electron chi connectivity index (χ1n) is 22.3. The summed E-state index contributed by atoms with van der Waals surface area (Å²) in [6.45, 7) is 0. The average molecular weight is 1060 g/mol. The zero-order valence-electron chi connectivity index (χ0n) is 35.9. The molecule has 5 nitrogen and oxygen atoms in total. The van der Waals surface area contributed by atoms with Crippen LogP contribution >= 0.6 is 11.3 Å². The van der Waals surface area contributed by atoms with Crippen LogP contribution in [0.25, 0.3) is 104 Å². The van der Waals surface area contributed by atoms with Crippen LogP contribution in [0.4, 0.5) is 0 Å².